The van der Waals surface area contributed by atoms with Gasteiger partial charge in [0, 0.05) is 11.0 Å². The third-order valence-electron chi connectivity index (χ3n) is 3.98. The van der Waals surface area contributed by atoms with Gasteiger partial charge in [-0.25, -0.2) is 8.42 Å². The maximum atomic E-state index is 13.1. The van der Waals surface area contributed by atoms with E-state index in [1.165, 1.54) is 0 Å². The fourth-order valence-electron chi connectivity index (χ4n) is 2.81. The first kappa shape index (κ1) is 22.2. The molecular formula is C17H21BrF3NO4S. The smallest absolute Gasteiger partial charge is 0.416 e. The lowest BCUT2D eigenvalue weighted by atomic mass is 10.0. The van der Waals surface area contributed by atoms with Gasteiger partial charge in [0.25, 0.3) is 0 Å². The first-order valence-electron chi connectivity index (χ1n) is 8.35. The number of esters is 1. The number of carbonyl (C=O) groups excluding carboxylic acids is 1. The van der Waals surface area contributed by atoms with Crippen molar-refractivity contribution in [3.05, 3.63) is 28.2 Å². The monoisotopic (exact) mass is 471 g/mol. The Bertz CT molecular complexity index is 818. The zero-order valence-corrected chi connectivity index (χ0v) is 17.5. The van der Waals surface area contributed by atoms with Crippen molar-refractivity contribution in [2.75, 3.05) is 6.54 Å². The maximum Gasteiger partial charge on any atom is 0.416 e. The van der Waals surface area contributed by atoms with Gasteiger partial charge >= 0.3 is 12.1 Å². The second-order valence-electron chi connectivity index (χ2n) is 7.30. The summed E-state index contributed by atoms with van der Waals surface area (Å²) in [4.78, 5) is 12.2. The summed E-state index contributed by atoms with van der Waals surface area (Å²) in [6, 6.07) is 1.34. The molecule has 0 saturated carbocycles. The van der Waals surface area contributed by atoms with E-state index in [0.717, 1.165) is 16.4 Å². The van der Waals surface area contributed by atoms with Crippen LogP contribution in [0.5, 0.6) is 0 Å². The minimum atomic E-state index is -4.59. The van der Waals surface area contributed by atoms with Crippen LogP contribution >= 0.6 is 15.9 Å². The number of carbonyl (C=O) groups is 1. The molecule has 0 unspecified atom stereocenters. The summed E-state index contributed by atoms with van der Waals surface area (Å²) in [5.41, 5.74) is -1.74. The number of piperidine rings is 1. The van der Waals surface area contributed by atoms with E-state index in [9.17, 15) is 26.4 Å². The lowest BCUT2D eigenvalue weighted by Gasteiger charge is -2.35. The summed E-state index contributed by atoms with van der Waals surface area (Å²) in [5, 5.41) is 0. The van der Waals surface area contributed by atoms with Crippen LogP contribution in [0.15, 0.2) is 27.6 Å². The normalized spacial score (nSPS) is 19.7. The van der Waals surface area contributed by atoms with Gasteiger partial charge in [0.15, 0.2) is 0 Å². The van der Waals surface area contributed by atoms with E-state index < -0.39 is 39.4 Å². The molecule has 0 aromatic heterocycles. The molecule has 1 aliphatic heterocycles. The summed E-state index contributed by atoms with van der Waals surface area (Å²) >= 11 is 2.93. The molecule has 27 heavy (non-hydrogen) atoms. The average molecular weight is 472 g/mol. The molecule has 2 rings (SSSR count). The highest BCUT2D eigenvalue weighted by molar-refractivity contribution is 9.10. The molecule has 1 aromatic carbocycles. The fourth-order valence-corrected chi connectivity index (χ4v) is 5.50. The van der Waals surface area contributed by atoms with Crippen LogP contribution in [-0.4, -0.2) is 36.9 Å². The zero-order valence-electron chi connectivity index (χ0n) is 15.1. The Hall–Kier alpha value is -1.13. The van der Waals surface area contributed by atoms with Crippen molar-refractivity contribution < 1.29 is 31.1 Å². The van der Waals surface area contributed by atoms with Gasteiger partial charge < -0.3 is 4.74 Å². The maximum absolute atomic E-state index is 13.1. The van der Waals surface area contributed by atoms with E-state index in [1.54, 1.807) is 20.8 Å². The third kappa shape index (κ3) is 5.23. The van der Waals surface area contributed by atoms with Crippen molar-refractivity contribution in [1.29, 1.82) is 0 Å². The Morgan fingerprint density at radius 1 is 1.22 bits per heavy atom. The van der Waals surface area contributed by atoms with Crippen LogP contribution < -0.4 is 0 Å². The molecule has 0 spiro atoms. The molecule has 1 fully saturated rings. The SMILES string of the molecule is CC(C)(C)OC(=O)[C@@H]1CCCCN1S(=O)(=O)c1ccc(C(F)(F)F)cc1Br. The third-order valence-corrected chi connectivity index (χ3v) is 6.86. The molecule has 1 saturated heterocycles. The van der Waals surface area contributed by atoms with Crippen LogP contribution in [-0.2, 0) is 25.7 Å². The van der Waals surface area contributed by atoms with Gasteiger partial charge in [0.2, 0.25) is 10.0 Å². The number of sulfonamides is 1. The molecular weight excluding hydrogens is 451 g/mol. The van der Waals surface area contributed by atoms with Crippen molar-refractivity contribution in [2.45, 2.75) is 62.7 Å². The zero-order chi connectivity index (χ0) is 20.6. The lowest BCUT2D eigenvalue weighted by Crippen LogP contribution is -2.49. The Labute approximate surface area is 165 Å². The first-order chi connectivity index (χ1) is 12.2. The number of benzene rings is 1. The standard InChI is InChI=1S/C17H21BrF3NO4S/c1-16(2,3)26-15(23)13-6-4-5-9-22(13)27(24,25)14-8-7-11(10-12(14)18)17(19,20)21/h7-8,10,13H,4-6,9H2,1-3H3/t13-/m0/s1. The van der Waals surface area contributed by atoms with Gasteiger partial charge in [-0.3, -0.25) is 4.79 Å². The molecule has 1 heterocycles. The molecule has 5 nitrogen and oxygen atoms in total. The molecule has 1 aliphatic rings. The van der Waals surface area contributed by atoms with E-state index in [-0.39, 0.29) is 15.9 Å². The second-order valence-corrected chi connectivity index (χ2v) is 10.0. The van der Waals surface area contributed by atoms with Crippen molar-refractivity contribution in [3.63, 3.8) is 0 Å². The van der Waals surface area contributed by atoms with Gasteiger partial charge in [-0.15, -0.1) is 0 Å². The molecule has 0 bridgehead atoms. The van der Waals surface area contributed by atoms with Crippen LogP contribution in [0.1, 0.15) is 45.6 Å². The number of alkyl halides is 3. The quantitative estimate of drug-likeness (QED) is 0.614. The van der Waals surface area contributed by atoms with E-state index in [0.29, 0.717) is 25.3 Å². The van der Waals surface area contributed by atoms with E-state index in [1.807, 2.05) is 0 Å². The van der Waals surface area contributed by atoms with Gasteiger partial charge in [0.05, 0.1) is 10.5 Å². The van der Waals surface area contributed by atoms with Gasteiger partial charge in [-0.1, -0.05) is 0 Å². The van der Waals surface area contributed by atoms with Gasteiger partial charge in [-0.2, -0.15) is 17.5 Å². The Kier molecular flexibility index (Phi) is 6.33. The van der Waals surface area contributed by atoms with E-state index in [4.69, 9.17) is 4.74 Å². The predicted molar refractivity (Wildman–Crippen MR) is 96.5 cm³/mol. The van der Waals surface area contributed by atoms with Crippen molar-refractivity contribution in [1.82, 2.24) is 4.31 Å². The van der Waals surface area contributed by atoms with Gasteiger partial charge in [-0.05, 0) is 74.2 Å². The Balaban J connectivity index is 2.39. The lowest BCUT2D eigenvalue weighted by molar-refractivity contribution is -0.160. The number of rotatable bonds is 3. The predicted octanol–water partition coefficient (Wildman–Crippen LogP) is 4.35. The summed E-state index contributed by atoms with van der Waals surface area (Å²) in [6.07, 6.45) is -3.08. The van der Waals surface area contributed by atoms with Crippen LogP contribution in [0, 0.1) is 0 Å². The first-order valence-corrected chi connectivity index (χ1v) is 10.6. The Morgan fingerprint density at radius 3 is 2.37 bits per heavy atom. The highest BCUT2D eigenvalue weighted by Gasteiger charge is 2.41. The number of hydrogen-bond acceptors (Lipinski definition) is 4. The van der Waals surface area contributed by atoms with Crippen molar-refractivity contribution >= 4 is 31.9 Å². The topological polar surface area (TPSA) is 63.7 Å². The number of halogens is 4. The van der Waals surface area contributed by atoms with Crippen LogP contribution in [0.4, 0.5) is 13.2 Å². The number of ether oxygens (including phenoxy) is 1. The molecule has 0 N–H and O–H groups in total. The van der Waals surface area contributed by atoms with Crippen LogP contribution in [0.25, 0.3) is 0 Å². The van der Waals surface area contributed by atoms with Crippen molar-refractivity contribution in [3.8, 4) is 0 Å². The van der Waals surface area contributed by atoms with E-state index in [2.05, 4.69) is 15.9 Å². The second kappa shape index (κ2) is 7.71. The van der Waals surface area contributed by atoms with Crippen LogP contribution in [0.2, 0.25) is 0 Å². The van der Waals surface area contributed by atoms with Crippen LogP contribution in [0.3, 0.4) is 0 Å². The van der Waals surface area contributed by atoms with Gasteiger partial charge in [0.1, 0.15) is 11.6 Å². The van der Waals surface area contributed by atoms with Crippen molar-refractivity contribution in [2.24, 2.45) is 0 Å². The highest BCUT2D eigenvalue weighted by Crippen LogP contribution is 2.36. The minimum Gasteiger partial charge on any atom is -0.459 e. The highest BCUT2D eigenvalue weighted by atomic mass is 79.9. The van der Waals surface area contributed by atoms with E-state index >= 15 is 0 Å². The molecule has 1 aromatic rings. The summed E-state index contributed by atoms with van der Waals surface area (Å²) in [6.45, 7) is 5.14. The fraction of sp³-hybridized carbons (Fsp3) is 0.588. The summed E-state index contributed by atoms with van der Waals surface area (Å²) in [5.74, 6) is -0.659. The largest absolute Gasteiger partial charge is 0.459 e. The number of hydrogen-bond donors (Lipinski definition) is 0. The molecule has 152 valence electrons. The minimum absolute atomic E-state index is 0.0969. The Morgan fingerprint density at radius 2 is 1.85 bits per heavy atom. The number of nitrogens with zero attached hydrogens (tertiary/aromatic N) is 1. The molecule has 1 atom stereocenters. The summed E-state index contributed by atoms with van der Waals surface area (Å²) in [7, 11) is -4.19. The molecule has 0 amide bonds. The molecule has 0 aliphatic carbocycles. The summed E-state index contributed by atoms with van der Waals surface area (Å²) < 4.78 is 70.8. The molecule has 10 heteroatoms. The molecule has 0 radical (unpaired) electrons. The average Bonchev–Trinajstić information content (AvgIpc) is 2.52.